The van der Waals surface area contributed by atoms with E-state index in [4.69, 9.17) is 4.74 Å². The summed E-state index contributed by atoms with van der Waals surface area (Å²) < 4.78 is 5.65. The molecular weight excluding hydrogens is 320 g/mol. The van der Waals surface area contributed by atoms with Crippen LogP contribution >= 0.6 is 27.7 Å². The smallest absolute Gasteiger partial charge is 0.0466 e. The second-order valence-corrected chi connectivity index (χ2v) is 6.55. The molecule has 0 aromatic heterocycles. The van der Waals surface area contributed by atoms with E-state index in [1.165, 1.54) is 49.2 Å². The molecule has 0 radical (unpaired) electrons. The maximum absolute atomic E-state index is 5.65. The van der Waals surface area contributed by atoms with Crippen molar-refractivity contribution in [2.75, 3.05) is 24.3 Å². The molecule has 1 aromatic rings. The van der Waals surface area contributed by atoms with Gasteiger partial charge in [0.15, 0.2) is 0 Å². The van der Waals surface area contributed by atoms with Gasteiger partial charge < -0.3 is 4.74 Å². The van der Waals surface area contributed by atoms with Gasteiger partial charge >= 0.3 is 0 Å². The Bertz CT molecular complexity index is 292. The summed E-state index contributed by atoms with van der Waals surface area (Å²) in [6.07, 6.45) is 7.55. The molecule has 3 heteroatoms. The van der Waals surface area contributed by atoms with Crippen molar-refractivity contribution < 1.29 is 4.74 Å². The summed E-state index contributed by atoms with van der Waals surface area (Å²) in [6.45, 7) is 1.86. The van der Waals surface area contributed by atoms with Gasteiger partial charge in [-0.25, -0.2) is 0 Å². The Balaban J connectivity index is 1.79. The summed E-state index contributed by atoms with van der Waals surface area (Å²) in [4.78, 5) is 1.37. The van der Waals surface area contributed by atoms with Crippen LogP contribution in [0.15, 0.2) is 35.2 Å². The van der Waals surface area contributed by atoms with Gasteiger partial charge in [-0.2, -0.15) is 0 Å². The first-order valence-corrected chi connectivity index (χ1v) is 9.36. The van der Waals surface area contributed by atoms with Gasteiger partial charge in [0.25, 0.3) is 0 Å². The Morgan fingerprint density at radius 2 is 1.53 bits per heavy atom. The van der Waals surface area contributed by atoms with Crippen molar-refractivity contribution in [3.63, 3.8) is 0 Å². The van der Waals surface area contributed by atoms with Gasteiger partial charge in [0.2, 0.25) is 0 Å². The Kier molecular flexibility index (Phi) is 11.7. The van der Waals surface area contributed by atoms with Crippen LogP contribution in [-0.2, 0) is 4.74 Å². The van der Waals surface area contributed by atoms with Gasteiger partial charge in [-0.15, -0.1) is 11.8 Å². The number of rotatable bonds is 12. The lowest BCUT2D eigenvalue weighted by atomic mass is 10.2. The van der Waals surface area contributed by atoms with E-state index >= 15 is 0 Å². The van der Waals surface area contributed by atoms with Gasteiger partial charge in [-0.05, 0) is 43.6 Å². The normalized spacial score (nSPS) is 10.8. The number of unbranched alkanes of at least 4 members (excludes halogenated alkanes) is 4. The molecule has 1 rings (SSSR count). The lowest BCUT2D eigenvalue weighted by Crippen LogP contribution is -1.97. The fraction of sp³-hybridized carbons (Fsp3) is 0.625. The Hall–Kier alpha value is 0.0100. The van der Waals surface area contributed by atoms with E-state index in [0.717, 1.165) is 18.5 Å². The highest BCUT2D eigenvalue weighted by Crippen LogP contribution is 2.18. The zero-order valence-corrected chi connectivity index (χ0v) is 14.1. The minimum atomic E-state index is 0.924. The maximum atomic E-state index is 5.65. The van der Waals surface area contributed by atoms with Crippen molar-refractivity contribution in [2.24, 2.45) is 0 Å². The van der Waals surface area contributed by atoms with Crippen LogP contribution in [-0.4, -0.2) is 24.3 Å². The summed E-state index contributed by atoms with van der Waals surface area (Å²) in [5.41, 5.74) is 0. The van der Waals surface area contributed by atoms with Gasteiger partial charge in [0.1, 0.15) is 0 Å². The standard InChI is InChI=1S/C16H25BrOS/c17-12-6-1-2-7-13-18-14-8-9-15-19-16-10-4-3-5-11-16/h3-5,10-11H,1-2,6-9,12-15H2. The van der Waals surface area contributed by atoms with Gasteiger partial charge in [0, 0.05) is 23.4 Å². The van der Waals surface area contributed by atoms with E-state index < -0.39 is 0 Å². The monoisotopic (exact) mass is 344 g/mol. The third-order valence-corrected chi connectivity index (χ3v) is 4.53. The zero-order chi connectivity index (χ0) is 13.6. The molecule has 1 nitrogen and oxygen atoms in total. The minimum Gasteiger partial charge on any atom is -0.381 e. The summed E-state index contributed by atoms with van der Waals surface area (Å²) in [6, 6.07) is 10.6. The Morgan fingerprint density at radius 1 is 0.842 bits per heavy atom. The molecule has 0 saturated carbocycles. The number of thioether (sulfide) groups is 1. The van der Waals surface area contributed by atoms with Crippen LogP contribution in [0.25, 0.3) is 0 Å². The average Bonchev–Trinajstić information content (AvgIpc) is 2.46. The second-order valence-electron chi connectivity index (χ2n) is 4.58. The molecule has 0 unspecified atom stereocenters. The fourth-order valence-electron chi connectivity index (χ4n) is 1.77. The molecule has 0 aliphatic carbocycles. The summed E-state index contributed by atoms with van der Waals surface area (Å²) >= 11 is 5.39. The third-order valence-electron chi connectivity index (χ3n) is 2.87. The molecule has 0 bridgehead atoms. The molecule has 0 spiro atoms. The first kappa shape index (κ1) is 17.1. The number of ether oxygens (including phenoxy) is 1. The van der Waals surface area contributed by atoms with Crippen LogP contribution in [0.3, 0.4) is 0 Å². The van der Waals surface area contributed by atoms with Crippen molar-refractivity contribution in [1.29, 1.82) is 0 Å². The van der Waals surface area contributed by atoms with Crippen LogP contribution < -0.4 is 0 Å². The molecule has 0 heterocycles. The van der Waals surface area contributed by atoms with Crippen molar-refractivity contribution in [3.8, 4) is 0 Å². The molecule has 0 N–H and O–H groups in total. The van der Waals surface area contributed by atoms with Crippen molar-refractivity contribution in [2.45, 2.75) is 43.4 Å². The summed E-state index contributed by atoms with van der Waals surface area (Å²) in [5.74, 6) is 1.19. The lowest BCUT2D eigenvalue weighted by molar-refractivity contribution is 0.127. The topological polar surface area (TPSA) is 9.23 Å². The quantitative estimate of drug-likeness (QED) is 0.280. The van der Waals surface area contributed by atoms with Crippen LogP contribution in [0.4, 0.5) is 0 Å². The third kappa shape index (κ3) is 10.5. The summed E-state index contributed by atoms with van der Waals surface area (Å²) in [7, 11) is 0. The van der Waals surface area contributed by atoms with Crippen LogP contribution in [0.5, 0.6) is 0 Å². The Morgan fingerprint density at radius 3 is 2.26 bits per heavy atom. The largest absolute Gasteiger partial charge is 0.381 e. The SMILES string of the molecule is BrCCCCCCOCCCCSc1ccccc1. The number of alkyl halides is 1. The van der Waals surface area contributed by atoms with Gasteiger partial charge in [-0.3, -0.25) is 0 Å². The van der Waals surface area contributed by atoms with E-state index in [1.807, 2.05) is 11.8 Å². The fourth-order valence-corrected chi connectivity index (χ4v) is 3.10. The van der Waals surface area contributed by atoms with Crippen molar-refractivity contribution in [1.82, 2.24) is 0 Å². The minimum absolute atomic E-state index is 0.924. The molecule has 0 aliphatic heterocycles. The molecule has 0 aliphatic rings. The van der Waals surface area contributed by atoms with E-state index in [1.54, 1.807) is 0 Å². The molecule has 0 amide bonds. The van der Waals surface area contributed by atoms with Crippen molar-refractivity contribution in [3.05, 3.63) is 30.3 Å². The van der Waals surface area contributed by atoms with E-state index in [9.17, 15) is 0 Å². The van der Waals surface area contributed by atoms with E-state index in [2.05, 4.69) is 46.3 Å². The summed E-state index contributed by atoms with van der Waals surface area (Å²) in [5, 5.41) is 1.13. The van der Waals surface area contributed by atoms with Crippen molar-refractivity contribution >= 4 is 27.7 Å². The number of halogens is 1. The van der Waals surface area contributed by atoms with E-state index in [-0.39, 0.29) is 0 Å². The highest BCUT2D eigenvalue weighted by Gasteiger charge is 1.94. The number of hydrogen-bond donors (Lipinski definition) is 0. The van der Waals surface area contributed by atoms with Gasteiger partial charge in [-0.1, -0.05) is 47.0 Å². The predicted octanol–water partition coefficient (Wildman–Crippen LogP) is 5.53. The number of benzene rings is 1. The molecular formula is C16H25BrOS. The lowest BCUT2D eigenvalue weighted by Gasteiger charge is -2.04. The maximum Gasteiger partial charge on any atom is 0.0466 e. The van der Waals surface area contributed by atoms with Crippen LogP contribution in [0, 0.1) is 0 Å². The van der Waals surface area contributed by atoms with Crippen LogP contribution in [0.2, 0.25) is 0 Å². The predicted molar refractivity (Wildman–Crippen MR) is 89.5 cm³/mol. The molecule has 108 valence electrons. The molecule has 19 heavy (non-hydrogen) atoms. The molecule has 0 atom stereocenters. The zero-order valence-electron chi connectivity index (χ0n) is 11.7. The highest BCUT2D eigenvalue weighted by atomic mass is 79.9. The van der Waals surface area contributed by atoms with E-state index in [0.29, 0.717) is 0 Å². The molecule has 0 fully saturated rings. The second kappa shape index (κ2) is 13.0. The molecule has 0 saturated heterocycles. The highest BCUT2D eigenvalue weighted by molar-refractivity contribution is 9.09. The first-order chi connectivity index (χ1) is 9.43. The number of hydrogen-bond acceptors (Lipinski definition) is 2. The Labute approximate surface area is 130 Å². The van der Waals surface area contributed by atoms with Crippen LogP contribution in [0.1, 0.15) is 38.5 Å². The van der Waals surface area contributed by atoms with Gasteiger partial charge in [0.05, 0.1) is 0 Å². The first-order valence-electron chi connectivity index (χ1n) is 7.25. The molecule has 1 aromatic carbocycles. The average molecular weight is 345 g/mol.